The first-order chi connectivity index (χ1) is 10.8. The van der Waals surface area contributed by atoms with E-state index < -0.39 is 11.7 Å². The van der Waals surface area contributed by atoms with Crippen LogP contribution in [0, 0.1) is 0 Å². The van der Waals surface area contributed by atoms with Crippen LogP contribution in [0.1, 0.15) is 55.5 Å². The van der Waals surface area contributed by atoms with E-state index in [-0.39, 0.29) is 11.5 Å². The van der Waals surface area contributed by atoms with E-state index in [1.165, 1.54) is 12.1 Å². The molecular weight excluding hydrogens is 305 g/mol. The predicted octanol–water partition coefficient (Wildman–Crippen LogP) is 3.98. The number of hydrogen-bond donors (Lipinski definition) is 0. The minimum atomic E-state index is -4.31. The zero-order valence-corrected chi connectivity index (χ0v) is 13.6. The van der Waals surface area contributed by atoms with Gasteiger partial charge in [-0.25, -0.2) is 0 Å². The van der Waals surface area contributed by atoms with Crippen LogP contribution in [0.15, 0.2) is 12.1 Å². The number of methoxy groups -OCH3 is 1. The summed E-state index contributed by atoms with van der Waals surface area (Å²) >= 11 is 0. The lowest BCUT2D eigenvalue weighted by Crippen LogP contribution is -2.43. The summed E-state index contributed by atoms with van der Waals surface area (Å²) in [6, 6.07) is 2.43. The van der Waals surface area contributed by atoms with E-state index in [2.05, 4.69) is 16.8 Å². The molecule has 23 heavy (non-hydrogen) atoms. The highest BCUT2D eigenvalue weighted by Crippen LogP contribution is 2.41. The molecule has 0 radical (unpaired) electrons. The Balaban J connectivity index is 1.74. The van der Waals surface area contributed by atoms with E-state index in [1.807, 2.05) is 0 Å². The van der Waals surface area contributed by atoms with Crippen molar-refractivity contribution in [3.05, 3.63) is 29.1 Å². The maximum absolute atomic E-state index is 13.1. The van der Waals surface area contributed by atoms with Crippen LogP contribution in [0.25, 0.3) is 0 Å². The molecule has 2 heterocycles. The molecule has 1 aromatic heterocycles. The Morgan fingerprint density at radius 2 is 1.91 bits per heavy atom. The first kappa shape index (κ1) is 16.7. The van der Waals surface area contributed by atoms with Crippen molar-refractivity contribution in [3.63, 3.8) is 0 Å². The van der Waals surface area contributed by atoms with Gasteiger partial charge in [-0.3, -0.25) is 9.88 Å². The number of ether oxygens (including phenoxy) is 1. The molecule has 128 valence electrons. The van der Waals surface area contributed by atoms with Crippen LogP contribution in [-0.4, -0.2) is 35.7 Å². The third-order valence-electron chi connectivity index (χ3n) is 5.01. The van der Waals surface area contributed by atoms with E-state index in [4.69, 9.17) is 4.74 Å². The molecule has 1 saturated heterocycles. The largest absolute Gasteiger partial charge is 0.416 e. The Morgan fingerprint density at radius 1 is 1.26 bits per heavy atom. The molecule has 1 saturated carbocycles. The van der Waals surface area contributed by atoms with Crippen LogP contribution >= 0.6 is 0 Å². The van der Waals surface area contributed by atoms with Crippen molar-refractivity contribution >= 4 is 0 Å². The van der Waals surface area contributed by atoms with Crippen molar-refractivity contribution in [2.24, 2.45) is 0 Å². The molecule has 0 unspecified atom stereocenters. The first-order valence-corrected chi connectivity index (χ1v) is 8.15. The predicted molar refractivity (Wildman–Crippen MR) is 81.1 cm³/mol. The van der Waals surface area contributed by atoms with E-state index in [0.717, 1.165) is 38.8 Å². The lowest BCUT2D eigenvalue weighted by atomic mass is 9.93. The van der Waals surface area contributed by atoms with Gasteiger partial charge in [0.2, 0.25) is 0 Å². The van der Waals surface area contributed by atoms with Crippen molar-refractivity contribution in [2.75, 3.05) is 20.2 Å². The van der Waals surface area contributed by atoms with Gasteiger partial charge in [-0.15, -0.1) is 0 Å². The number of pyridine rings is 1. The Morgan fingerprint density at radius 3 is 2.43 bits per heavy atom. The molecule has 2 aliphatic rings. The molecule has 0 amide bonds. The lowest BCUT2D eigenvalue weighted by Gasteiger charge is -2.38. The van der Waals surface area contributed by atoms with Gasteiger partial charge >= 0.3 is 6.18 Å². The number of piperidine rings is 1. The minimum absolute atomic E-state index is 0.114. The molecule has 0 N–H and O–H groups in total. The summed E-state index contributed by atoms with van der Waals surface area (Å²) < 4.78 is 44.8. The highest BCUT2D eigenvalue weighted by molar-refractivity contribution is 5.28. The van der Waals surface area contributed by atoms with Crippen molar-refractivity contribution in [3.8, 4) is 0 Å². The Kier molecular flexibility index (Phi) is 4.40. The fraction of sp³-hybridized carbons (Fsp3) is 0.706. The van der Waals surface area contributed by atoms with Crippen LogP contribution in [0.5, 0.6) is 0 Å². The first-order valence-electron chi connectivity index (χ1n) is 8.15. The number of nitrogens with zero attached hydrogens (tertiary/aromatic N) is 2. The van der Waals surface area contributed by atoms with Gasteiger partial charge in [0.1, 0.15) is 0 Å². The zero-order valence-electron chi connectivity index (χ0n) is 13.6. The van der Waals surface area contributed by atoms with Gasteiger partial charge in [-0.2, -0.15) is 13.2 Å². The van der Waals surface area contributed by atoms with Crippen molar-refractivity contribution < 1.29 is 17.9 Å². The lowest BCUT2D eigenvalue weighted by molar-refractivity contribution is -0.137. The topological polar surface area (TPSA) is 25.4 Å². The second-order valence-electron chi connectivity index (χ2n) is 6.97. The Hall–Kier alpha value is -1.14. The molecule has 3 nitrogen and oxygen atoms in total. The summed E-state index contributed by atoms with van der Waals surface area (Å²) in [6.07, 6.45) is -0.638. The fourth-order valence-corrected chi connectivity index (χ4v) is 3.06. The third kappa shape index (κ3) is 4.04. The Bertz CT molecular complexity index is 561. The van der Waals surface area contributed by atoms with Gasteiger partial charge in [-0.05, 0) is 44.7 Å². The average Bonchev–Trinajstić information content (AvgIpc) is 3.33. The van der Waals surface area contributed by atoms with Crippen LogP contribution in [0.4, 0.5) is 13.2 Å². The highest BCUT2D eigenvalue weighted by atomic mass is 19.4. The summed E-state index contributed by atoms with van der Waals surface area (Å²) in [5.41, 5.74) is 0.455. The second kappa shape index (κ2) is 6.06. The van der Waals surface area contributed by atoms with Crippen LogP contribution < -0.4 is 0 Å². The molecule has 1 aliphatic heterocycles. The molecule has 0 spiro atoms. The van der Waals surface area contributed by atoms with E-state index in [9.17, 15) is 13.2 Å². The highest BCUT2D eigenvalue weighted by Gasteiger charge is 2.35. The van der Waals surface area contributed by atoms with Gasteiger partial charge in [0, 0.05) is 38.4 Å². The van der Waals surface area contributed by atoms with Crippen LogP contribution in [0.2, 0.25) is 0 Å². The minimum Gasteiger partial charge on any atom is -0.378 e. The van der Waals surface area contributed by atoms with Gasteiger partial charge in [0.05, 0.1) is 16.9 Å². The summed E-state index contributed by atoms with van der Waals surface area (Å²) in [5, 5.41) is 0. The molecule has 6 heteroatoms. The summed E-state index contributed by atoms with van der Waals surface area (Å²) in [6.45, 7) is 4.20. The standard InChI is InChI=1S/C17H23F3N2O/c1-16(23-2)5-7-22(8-6-16)11-14-9-13(17(18,19)20)10-15(21-14)12-3-4-12/h9-10,12H,3-8,11H2,1-2H3. The number of hydrogen-bond acceptors (Lipinski definition) is 3. The normalized spacial score (nSPS) is 22.3. The fourth-order valence-electron chi connectivity index (χ4n) is 3.06. The number of aromatic nitrogens is 1. The maximum atomic E-state index is 13.1. The van der Waals surface area contributed by atoms with Crippen LogP contribution in [-0.2, 0) is 17.5 Å². The third-order valence-corrected chi connectivity index (χ3v) is 5.01. The monoisotopic (exact) mass is 328 g/mol. The van der Waals surface area contributed by atoms with Crippen molar-refractivity contribution in [1.82, 2.24) is 9.88 Å². The van der Waals surface area contributed by atoms with Gasteiger partial charge in [0.15, 0.2) is 0 Å². The van der Waals surface area contributed by atoms with Crippen LogP contribution in [0.3, 0.4) is 0 Å². The molecule has 0 bridgehead atoms. The van der Waals surface area contributed by atoms with E-state index >= 15 is 0 Å². The van der Waals surface area contributed by atoms with E-state index in [0.29, 0.717) is 17.9 Å². The number of alkyl halides is 3. The number of halogens is 3. The molecule has 0 atom stereocenters. The van der Waals surface area contributed by atoms with Gasteiger partial charge in [0.25, 0.3) is 0 Å². The summed E-state index contributed by atoms with van der Waals surface area (Å²) in [4.78, 5) is 6.65. The maximum Gasteiger partial charge on any atom is 0.416 e. The molecule has 2 fully saturated rings. The second-order valence-corrected chi connectivity index (χ2v) is 6.97. The summed E-state index contributed by atoms with van der Waals surface area (Å²) in [7, 11) is 1.71. The van der Waals surface area contributed by atoms with Gasteiger partial charge < -0.3 is 4.74 Å². The van der Waals surface area contributed by atoms with Crippen molar-refractivity contribution in [1.29, 1.82) is 0 Å². The number of likely N-dealkylation sites (tertiary alicyclic amines) is 1. The van der Waals surface area contributed by atoms with Gasteiger partial charge in [-0.1, -0.05) is 0 Å². The number of rotatable bonds is 4. The SMILES string of the molecule is COC1(C)CCN(Cc2cc(C(F)(F)F)cc(C3CC3)n2)CC1. The van der Waals surface area contributed by atoms with E-state index in [1.54, 1.807) is 7.11 Å². The average molecular weight is 328 g/mol. The molecular formula is C17H23F3N2O. The zero-order chi connectivity index (χ0) is 16.7. The molecule has 0 aromatic carbocycles. The Labute approximate surface area is 134 Å². The molecule has 1 aromatic rings. The quantitative estimate of drug-likeness (QED) is 0.836. The smallest absolute Gasteiger partial charge is 0.378 e. The molecule has 1 aliphatic carbocycles. The summed E-state index contributed by atoms with van der Waals surface area (Å²) in [5.74, 6) is 0.217. The van der Waals surface area contributed by atoms with Crippen molar-refractivity contribution in [2.45, 2.75) is 56.8 Å². The molecule has 3 rings (SSSR count).